The predicted molar refractivity (Wildman–Crippen MR) is 72.4 cm³/mol. The second-order valence-electron chi connectivity index (χ2n) is 4.13. The first-order valence-corrected chi connectivity index (χ1v) is 5.93. The van der Waals surface area contributed by atoms with Crippen LogP contribution in [0.5, 0.6) is 11.5 Å². The SMILES string of the molecule is COC(=O)CC(=O)c1c[nH]c2cc(OC)cc(OC)c12. The highest BCUT2D eigenvalue weighted by Crippen LogP contribution is 2.33. The molecule has 1 aromatic heterocycles. The highest BCUT2D eigenvalue weighted by Gasteiger charge is 2.19. The average molecular weight is 277 g/mol. The van der Waals surface area contributed by atoms with Gasteiger partial charge in [0.25, 0.3) is 0 Å². The third-order valence-electron chi connectivity index (χ3n) is 3.01. The standard InChI is InChI=1S/C14H15NO5/c1-18-8-4-10-14(12(5-8)19-2)9(7-15-10)11(16)6-13(17)20-3/h4-5,7,15H,6H2,1-3H3. The summed E-state index contributed by atoms with van der Waals surface area (Å²) in [5.41, 5.74) is 1.10. The summed E-state index contributed by atoms with van der Waals surface area (Å²) in [7, 11) is 4.30. The summed E-state index contributed by atoms with van der Waals surface area (Å²) < 4.78 is 14.9. The van der Waals surface area contributed by atoms with E-state index >= 15 is 0 Å². The number of aromatic nitrogens is 1. The smallest absolute Gasteiger partial charge is 0.313 e. The van der Waals surface area contributed by atoms with Gasteiger partial charge >= 0.3 is 5.97 Å². The Balaban J connectivity index is 2.50. The van der Waals surface area contributed by atoms with E-state index < -0.39 is 5.97 Å². The number of carbonyl (C=O) groups excluding carboxylic acids is 2. The van der Waals surface area contributed by atoms with Crippen molar-refractivity contribution in [2.75, 3.05) is 21.3 Å². The topological polar surface area (TPSA) is 77.6 Å². The maximum absolute atomic E-state index is 12.1. The van der Waals surface area contributed by atoms with Gasteiger partial charge in [-0.15, -0.1) is 0 Å². The number of ketones is 1. The number of Topliss-reactive ketones (excluding diaryl/α,β-unsaturated/α-hetero) is 1. The van der Waals surface area contributed by atoms with Gasteiger partial charge in [0.15, 0.2) is 5.78 Å². The summed E-state index contributed by atoms with van der Waals surface area (Å²) in [6.07, 6.45) is 1.25. The number of ether oxygens (including phenoxy) is 3. The van der Waals surface area contributed by atoms with Gasteiger partial charge in [-0.1, -0.05) is 0 Å². The summed E-state index contributed by atoms with van der Waals surface area (Å²) >= 11 is 0. The molecule has 0 saturated carbocycles. The third kappa shape index (κ3) is 2.45. The lowest BCUT2D eigenvalue weighted by Crippen LogP contribution is -2.09. The summed E-state index contributed by atoms with van der Waals surface area (Å²) in [4.78, 5) is 26.3. The lowest BCUT2D eigenvalue weighted by atomic mass is 10.1. The normalized spacial score (nSPS) is 10.3. The zero-order valence-electron chi connectivity index (χ0n) is 11.5. The number of nitrogens with one attached hydrogen (secondary N) is 1. The maximum Gasteiger partial charge on any atom is 0.313 e. The number of aromatic amines is 1. The quantitative estimate of drug-likeness (QED) is 0.513. The number of fused-ring (bicyclic) bond motifs is 1. The van der Waals surface area contributed by atoms with E-state index in [1.54, 1.807) is 25.4 Å². The summed E-state index contributed by atoms with van der Waals surface area (Å²) in [5, 5.41) is 0.627. The zero-order valence-corrected chi connectivity index (χ0v) is 11.5. The van der Waals surface area contributed by atoms with Crippen LogP contribution >= 0.6 is 0 Å². The molecule has 2 rings (SSSR count). The molecule has 0 atom stereocenters. The second kappa shape index (κ2) is 5.64. The van der Waals surface area contributed by atoms with E-state index in [2.05, 4.69) is 9.72 Å². The summed E-state index contributed by atoms with van der Waals surface area (Å²) in [5.74, 6) is 0.223. The zero-order chi connectivity index (χ0) is 14.7. The van der Waals surface area contributed by atoms with Crippen molar-refractivity contribution in [3.8, 4) is 11.5 Å². The number of hydrogen-bond acceptors (Lipinski definition) is 5. The number of H-pyrrole nitrogens is 1. The van der Waals surface area contributed by atoms with E-state index in [1.807, 2.05) is 0 Å². The molecule has 0 unspecified atom stereocenters. The number of carbonyl (C=O) groups is 2. The number of methoxy groups -OCH3 is 3. The van der Waals surface area contributed by atoms with Crippen LogP contribution in [0.2, 0.25) is 0 Å². The Morgan fingerprint density at radius 3 is 2.50 bits per heavy atom. The molecule has 0 fully saturated rings. The van der Waals surface area contributed by atoms with Crippen molar-refractivity contribution in [1.82, 2.24) is 4.98 Å². The minimum atomic E-state index is -0.572. The fourth-order valence-corrected chi connectivity index (χ4v) is 2.00. The molecule has 0 bridgehead atoms. The maximum atomic E-state index is 12.1. The Morgan fingerprint density at radius 2 is 1.90 bits per heavy atom. The predicted octanol–water partition coefficient (Wildman–Crippen LogP) is 1.93. The van der Waals surface area contributed by atoms with Gasteiger partial charge in [0.1, 0.15) is 17.9 Å². The Kier molecular flexibility index (Phi) is 3.93. The van der Waals surface area contributed by atoms with Crippen LogP contribution < -0.4 is 9.47 Å². The Labute approximate surface area is 115 Å². The highest BCUT2D eigenvalue weighted by molar-refractivity contribution is 6.14. The van der Waals surface area contributed by atoms with Crippen LogP contribution in [0.1, 0.15) is 16.8 Å². The van der Waals surface area contributed by atoms with E-state index in [-0.39, 0.29) is 12.2 Å². The number of hydrogen-bond donors (Lipinski definition) is 1. The van der Waals surface area contributed by atoms with Crippen molar-refractivity contribution < 1.29 is 23.8 Å². The van der Waals surface area contributed by atoms with Crippen LogP contribution in [-0.2, 0) is 9.53 Å². The second-order valence-corrected chi connectivity index (χ2v) is 4.13. The molecule has 0 amide bonds. The average Bonchev–Trinajstić information content (AvgIpc) is 2.89. The van der Waals surface area contributed by atoms with Crippen LogP contribution in [0.4, 0.5) is 0 Å². The fraction of sp³-hybridized carbons (Fsp3) is 0.286. The third-order valence-corrected chi connectivity index (χ3v) is 3.01. The van der Waals surface area contributed by atoms with Crippen LogP contribution in [0.15, 0.2) is 18.3 Å². The van der Waals surface area contributed by atoms with Gasteiger partial charge < -0.3 is 19.2 Å². The largest absolute Gasteiger partial charge is 0.497 e. The molecule has 0 aliphatic carbocycles. The van der Waals surface area contributed by atoms with E-state index in [0.717, 1.165) is 0 Å². The highest BCUT2D eigenvalue weighted by atomic mass is 16.5. The van der Waals surface area contributed by atoms with Gasteiger partial charge in [-0.25, -0.2) is 0 Å². The Bertz CT molecular complexity index is 659. The molecular formula is C14H15NO5. The van der Waals surface area contributed by atoms with Gasteiger partial charge in [-0.2, -0.15) is 0 Å². The molecule has 0 spiro atoms. The molecule has 6 heteroatoms. The first-order valence-electron chi connectivity index (χ1n) is 5.93. The Hall–Kier alpha value is -2.50. The molecule has 2 aromatic rings. The molecule has 6 nitrogen and oxygen atoms in total. The van der Waals surface area contributed by atoms with Crippen molar-refractivity contribution in [2.45, 2.75) is 6.42 Å². The fourth-order valence-electron chi connectivity index (χ4n) is 2.00. The first kappa shape index (κ1) is 13.9. The number of rotatable bonds is 5. The van der Waals surface area contributed by atoms with Gasteiger partial charge in [-0.05, 0) is 0 Å². The summed E-state index contributed by atoms with van der Waals surface area (Å²) in [6, 6.07) is 3.44. The molecule has 0 radical (unpaired) electrons. The van der Waals surface area contributed by atoms with Crippen LogP contribution in [0, 0.1) is 0 Å². The molecule has 1 N–H and O–H groups in total. The van der Waals surface area contributed by atoms with E-state index in [4.69, 9.17) is 9.47 Å². The number of esters is 1. The molecule has 0 saturated heterocycles. The van der Waals surface area contributed by atoms with Crippen LogP contribution in [-0.4, -0.2) is 38.1 Å². The van der Waals surface area contributed by atoms with E-state index in [1.165, 1.54) is 14.2 Å². The molecule has 1 aromatic carbocycles. The molecule has 1 heterocycles. The van der Waals surface area contributed by atoms with E-state index in [0.29, 0.717) is 28.0 Å². The summed E-state index contributed by atoms with van der Waals surface area (Å²) in [6.45, 7) is 0. The van der Waals surface area contributed by atoms with Crippen molar-refractivity contribution in [2.24, 2.45) is 0 Å². The monoisotopic (exact) mass is 277 g/mol. The van der Waals surface area contributed by atoms with Gasteiger partial charge in [0.05, 0.1) is 32.2 Å². The van der Waals surface area contributed by atoms with Crippen molar-refractivity contribution in [1.29, 1.82) is 0 Å². The van der Waals surface area contributed by atoms with Gasteiger partial charge in [-0.3, -0.25) is 9.59 Å². The molecular weight excluding hydrogens is 262 g/mol. The lowest BCUT2D eigenvalue weighted by molar-refractivity contribution is -0.139. The van der Waals surface area contributed by atoms with E-state index in [9.17, 15) is 9.59 Å². The first-order chi connectivity index (χ1) is 9.60. The lowest BCUT2D eigenvalue weighted by Gasteiger charge is -2.07. The molecule has 20 heavy (non-hydrogen) atoms. The van der Waals surface area contributed by atoms with Crippen molar-refractivity contribution in [3.05, 3.63) is 23.9 Å². The Morgan fingerprint density at radius 1 is 1.15 bits per heavy atom. The minimum Gasteiger partial charge on any atom is -0.497 e. The van der Waals surface area contributed by atoms with Crippen LogP contribution in [0.3, 0.4) is 0 Å². The van der Waals surface area contributed by atoms with Gasteiger partial charge in [0.2, 0.25) is 0 Å². The minimum absolute atomic E-state index is 0.307. The van der Waals surface area contributed by atoms with Crippen molar-refractivity contribution >= 4 is 22.7 Å². The molecule has 106 valence electrons. The molecule has 0 aliphatic rings. The van der Waals surface area contributed by atoms with Crippen LogP contribution in [0.25, 0.3) is 10.9 Å². The van der Waals surface area contributed by atoms with Gasteiger partial charge in [0, 0.05) is 23.9 Å². The molecule has 0 aliphatic heterocycles. The number of benzene rings is 1. The van der Waals surface area contributed by atoms with Crippen molar-refractivity contribution in [3.63, 3.8) is 0 Å².